The van der Waals surface area contributed by atoms with E-state index in [1.54, 1.807) is 18.2 Å². The van der Waals surface area contributed by atoms with Crippen molar-refractivity contribution >= 4 is 17.5 Å². The number of hydrogen-bond donors (Lipinski definition) is 2. The number of halogens is 1. The fraction of sp³-hybridized carbons (Fsp3) is 0.143. The van der Waals surface area contributed by atoms with E-state index >= 15 is 0 Å². The topological polar surface area (TPSA) is 62.2 Å². The molecule has 1 aromatic heterocycles. The van der Waals surface area contributed by atoms with Gasteiger partial charge >= 0.3 is 0 Å². The predicted octanol–water partition coefficient (Wildman–Crippen LogP) is 2.20. The number of aliphatic hydroxyl groups is 1. The third-order valence-corrected chi connectivity index (χ3v) is 2.84. The number of hydrogen-bond acceptors (Lipinski definition) is 3. The highest BCUT2D eigenvalue weighted by Crippen LogP contribution is 2.11. The Labute approximate surface area is 116 Å². The Hall–Kier alpha value is -1.91. The van der Waals surface area contributed by atoms with Crippen LogP contribution >= 0.6 is 11.6 Å². The van der Waals surface area contributed by atoms with Crippen LogP contribution in [0.3, 0.4) is 0 Å². The molecule has 0 aliphatic heterocycles. The molecule has 2 rings (SSSR count). The van der Waals surface area contributed by atoms with Gasteiger partial charge in [0.25, 0.3) is 5.91 Å². The Kier molecular flexibility index (Phi) is 4.49. The lowest BCUT2D eigenvalue weighted by molar-refractivity contribution is 0.0916. The highest BCUT2D eigenvalue weighted by atomic mass is 35.5. The van der Waals surface area contributed by atoms with E-state index < -0.39 is 6.10 Å². The number of benzene rings is 1. The van der Waals surface area contributed by atoms with Gasteiger partial charge in [-0.2, -0.15) is 0 Å². The average Bonchev–Trinajstić information content (AvgIpc) is 2.45. The van der Waals surface area contributed by atoms with Gasteiger partial charge in [0.05, 0.1) is 6.10 Å². The lowest BCUT2D eigenvalue weighted by Crippen LogP contribution is -2.28. The van der Waals surface area contributed by atoms with E-state index in [-0.39, 0.29) is 17.6 Å². The van der Waals surface area contributed by atoms with E-state index in [0.717, 1.165) is 5.56 Å². The Morgan fingerprint density at radius 3 is 2.74 bits per heavy atom. The van der Waals surface area contributed by atoms with E-state index in [1.165, 1.54) is 12.3 Å². The van der Waals surface area contributed by atoms with Gasteiger partial charge in [0, 0.05) is 18.3 Å². The van der Waals surface area contributed by atoms with Gasteiger partial charge < -0.3 is 10.4 Å². The maximum absolute atomic E-state index is 11.8. The SMILES string of the molecule is O=C(NCC(O)c1ccccc1)c1ccnc(Cl)c1. The molecule has 0 saturated carbocycles. The normalized spacial score (nSPS) is 11.9. The summed E-state index contributed by atoms with van der Waals surface area (Å²) in [5.74, 6) is -0.292. The molecule has 5 heteroatoms. The molecule has 0 spiro atoms. The second-order valence-electron chi connectivity index (χ2n) is 4.00. The molecule has 19 heavy (non-hydrogen) atoms. The standard InChI is InChI=1S/C14H13ClN2O2/c15-13-8-11(6-7-16-13)14(19)17-9-12(18)10-4-2-1-3-5-10/h1-8,12,18H,9H2,(H,17,19). The second kappa shape index (κ2) is 6.31. The van der Waals surface area contributed by atoms with E-state index in [2.05, 4.69) is 10.3 Å². The van der Waals surface area contributed by atoms with Gasteiger partial charge in [0.2, 0.25) is 0 Å². The maximum Gasteiger partial charge on any atom is 0.251 e. The molecule has 2 N–H and O–H groups in total. The number of aromatic nitrogens is 1. The first-order valence-electron chi connectivity index (χ1n) is 5.79. The molecule has 1 amide bonds. The first kappa shape index (κ1) is 13.5. The molecule has 1 aromatic carbocycles. The highest BCUT2D eigenvalue weighted by molar-refractivity contribution is 6.29. The van der Waals surface area contributed by atoms with Crippen molar-refractivity contribution in [2.75, 3.05) is 6.54 Å². The van der Waals surface area contributed by atoms with Gasteiger partial charge in [0.1, 0.15) is 5.15 Å². The molecule has 0 aliphatic carbocycles. The van der Waals surface area contributed by atoms with Crippen molar-refractivity contribution in [2.24, 2.45) is 0 Å². The van der Waals surface area contributed by atoms with Crippen molar-refractivity contribution in [1.82, 2.24) is 10.3 Å². The molecular weight excluding hydrogens is 264 g/mol. The number of rotatable bonds is 4. The molecule has 0 bridgehead atoms. The zero-order chi connectivity index (χ0) is 13.7. The number of carbonyl (C=O) groups excluding carboxylic acids is 1. The van der Waals surface area contributed by atoms with Crippen LogP contribution in [0.25, 0.3) is 0 Å². The van der Waals surface area contributed by atoms with E-state index in [1.807, 2.05) is 18.2 Å². The summed E-state index contributed by atoms with van der Waals surface area (Å²) in [5.41, 5.74) is 1.18. The number of carbonyl (C=O) groups is 1. The van der Waals surface area contributed by atoms with Crippen LogP contribution in [0.5, 0.6) is 0 Å². The van der Waals surface area contributed by atoms with Crippen molar-refractivity contribution in [1.29, 1.82) is 0 Å². The summed E-state index contributed by atoms with van der Waals surface area (Å²) in [6.45, 7) is 0.142. The summed E-state index contributed by atoms with van der Waals surface area (Å²) >= 11 is 5.71. The van der Waals surface area contributed by atoms with Gasteiger partial charge in [-0.1, -0.05) is 41.9 Å². The summed E-state index contributed by atoms with van der Waals surface area (Å²) < 4.78 is 0. The van der Waals surface area contributed by atoms with Crippen molar-refractivity contribution in [3.63, 3.8) is 0 Å². The van der Waals surface area contributed by atoms with Gasteiger partial charge in [-0.05, 0) is 17.7 Å². The first-order valence-corrected chi connectivity index (χ1v) is 6.17. The molecule has 1 heterocycles. The molecule has 0 aliphatic rings. The molecular formula is C14H13ClN2O2. The lowest BCUT2D eigenvalue weighted by atomic mass is 10.1. The van der Waals surface area contributed by atoms with Crippen LogP contribution in [0.1, 0.15) is 22.0 Å². The summed E-state index contributed by atoms with van der Waals surface area (Å²) in [4.78, 5) is 15.6. The summed E-state index contributed by atoms with van der Waals surface area (Å²) in [6.07, 6.45) is 0.729. The lowest BCUT2D eigenvalue weighted by Gasteiger charge is -2.12. The Morgan fingerprint density at radius 1 is 1.32 bits per heavy atom. The molecule has 98 valence electrons. The molecule has 0 fully saturated rings. The maximum atomic E-state index is 11.8. The average molecular weight is 277 g/mol. The highest BCUT2D eigenvalue weighted by Gasteiger charge is 2.10. The quantitative estimate of drug-likeness (QED) is 0.842. The second-order valence-corrected chi connectivity index (χ2v) is 4.39. The number of nitrogens with zero attached hydrogens (tertiary/aromatic N) is 1. The van der Waals surface area contributed by atoms with E-state index in [0.29, 0.717) is 5.56 Å². The van der Waals surface area contributed by atoms with Crippen LogP contribution in [-0.4, -0.2) is 22.5 Å². The van der Waals surface area contributed by atoms with Crippen LogP contribution < -0.4 is 5.32 Å². The molecule has 2 aromatic rings. The van der Waals surface area contributed by atoms with Gasteiger partial charge in [-0.15, -0.1) is 0 Å². The minimum Gasteiger partial charge on any atom is -0.387 e. The van der Waals surface area contributed by atoms with Crippen molar-refractivity contribution in [2.45, 2.75) is 6.10 Å². The fourth-order valence-electron chi connectivity index (χ4n) is 1.63. The molecule has 4 nitrogen and oxygen atoms in total. The number of aliphatic hydroxyl groups excluding tert-OH is 1. The van der Waals surface area contributed by atoms with E-state index in [9.17, 15) is 9.90 Å². The van der Waals surface area contributed by atoms with Crippen LogP contribution in [-0.2, 0) is 0 Å². The van der Waals surface area contributed by atoms with Crippen molar-refractivity contribution < 1.29 is 9.90 Å². The monoisotopic (exact) mass is 276 g/mol. The number of nitrogens with one attached hydrogen (secondary N) is 1. The van der Waals surface area contributed by atoms with Gasteiger partial charge in [-0.25, -0.2) is 4.98 Å². The van der Waals surface area contributed by atoms with Crippen LogP contribution in [0.2, 0.25) is 5.15 Å². The first-order chi connectivity index (χ1) is 9.16. The molecule has 0 radical (unpaired) electrons. The van der Waals surface area contributed by atoms with Crippen molar-refractivity contribution in [3.05, 3.63) is 64.9 Å². The van der Waals surface area contributed by atoms with Crippen LogP contribution in [0.4, 0.5) is 0 Å². The summed E-state index contributed by atoms with van der Waals surface area (Å²) in [5, 5.41) is 12.8. The third kappa shape index (κ3) is 3.77. The predicted molar refractivity (Wildman–Crippen MR) is 73.0 cm³/mol. The minimum atomic E-state index is -0.734. The summed E-state index contributed by atoms with van der Waals surface area (Å²) in [7, 11) is 0. The van der Waals surface area contributed by atoms with Gasteiger partial charge in [-0.3, -0.25) is 4.79 Å². The smallest absolute Gasteiger partial charge is 0.251 e. The number of pyridine rings is 1. The van der Waals surface area contributed by atoms with Gasteiger partial charge in [0.15, 0.2) is 0 Å². The Balaban J connectivity index is 1.94. The Morgan fingerprint density at radius 2 is 2.05 bits per heavy atom. The molecule has 0 saturated heterocycles. The minimum absolute atomic E-state index is 0.142. The van der Waals surface area contributed by atoms with Crippen molar-refractivity contribution in [3.8, 4) is 0 Å². The molecule has 1 unspecified atom stereocenters. The van der Waals surface area contributed by atoms with Crippen LogP contribution in [0.15, 0.2) is 48.7 Å². The summed E-state index contributed by atoms with van der Waals surface area (Å²) in [6, 6.07) is 12.2. The molecule has 1 atom stereocenters. The fourth-order valence-corrected chi connectivity index (χ4v) is 1.80. The zero-order valence-corrected chi connectivity index (χ0v) is 10.8. The third-order valence-electron chi connectivity index (χ3n) is 2.63. The van der Waals surface area contributed by atoms with E-state index in [4.69, 9.17) is 11.6 Å². The Bertz CT molecular complexity index is 560. The number of amides is 1. The van der Waals surface area contributed by atoms with Crippen LogP contribution in [0, 0.1) is 0 Å². The largest absolute Gasteiger partial charge is 0.387 e. The zero-order valence-electron chi connectivity index (χ0n) is 10.1.